The van der Waals surface area contributed by atoms with Crippen LogP contribution in [0.5, 0.6) is 0 Å². The molecule has 1 fully saturated rings. The van der Waals surface area contributed by atoms with E-state index < -0.39 is 5.97 Å². The number of piperidine rings is 1. The van der Waals surface area contributed by atoms with Gasteiger partial charge in [-0.15, -0.1) is 0 Å². The molecule has 1 rings (SSSR count). The minimum absolute atomic E-state index is 0.0206. The Kier molecular flexibility index (Phi) is 5.41. The lowest BCUT2D eigenvalue weighted by Crippen LogP contribution is -2.36. The molecule has 0 spiro atoms. The number of carboxylic acid groups (broad SMARTS) is 1. The van der Waals surface area contributed by atoms with Crippen LogP contribution in [-0.2, 0) is 9.59 Å². The largest absolute Gasteiger partial charge is 0.481 e. The molecule has 1 aliphatic rings. The van der Waals surface area contributed by atoms with Gasteiger partial charge in [0, 0.05) is 26.6 Å². The molecule has 1 saturated heterocycles. The lowest BCUT2D eigenvalue weighted by atomic mass is 9.94. The van der Waals surface area contributed by atoms with Gasteiger partial charge in [0.15, 0.2) is 0 Å². The Morgan fingerprint density at radius 1 is 1.47 bits per heavy atom. The van der Waals surface area contributed by atoms with Gasteiger partial charge in [0.05, 0.1) is 6.42 Å². The van der Waals surface area contributed by atoms with Gasteiger partial charge in [-0.1, -0.05) is 0 Å². The first kappa shape index (κ1) is 14.0. The van der Waals surface area contributed by atoms with E-state index in [2.05, 4.69) is 11.9 Å². The summed E-state index contributed by atoms with van der Waals surface area (Å²) in [7, 11) is 3.75. The van der Waals surface area contributed by atoms with E-state index >= 15 is 0 Å². The summed E-state index contributed by atoms with van der Waals surface area (Å²) in [6.07, 6.45) is 2.81. The smallest absolute Gasteiger partial charge is 0.305 e. The van der Waals surface area contributed by atoms with Crippen molar-refractivity contribution in [1.82, 2.24) is 9.80 Å². The van der Waals surface area contributed by atoms with Crippen molar-refractivity contribution in [3.8, 4) is 0 Å². The van der Waals surface area contributed by atoms with Crippen molar-refractivity contribution in [2.75, 3.05) is 33.7 Å². The number of carboxylic acids is 1. The molecule has 1 heterocycles. The SMILES string of the molecule is CN1CCCC(CC(=O)N(C)CCC(=O)O)C1. The van der Waals surface area contributed by atoms with Crippen LogP contribution in [0.25, 0.3) is 0 Å². The second kappa shape index (κ2) is 6.59. The van der Waals surface area contributed by atoms with Crippen molar-refractivity contribution in [2.24, 2.45) is 5.92 Å². The maximum Gasteiger partial charge on any atom is 0.305 e. The molecule has 17 heavy (non-hydrogen) atoms. The molecule has 0 aromatic carbocycles. The molecule has 1 aliphatic heterocycles. The van der Waals surface area contributed by atoms with Gasteiger partial charge in [-0.05, 0) is 32.4 Å². The van der Waals surface area contributed by atoms with Crippen LogP contribution in [0.1, 0.15) is 25.7 Å². The summed E-state index contributed by atoms with van der Waals surface area (Å²) in [5, 5.41) is 8.56. The monoisotopic (exact) mass is 242 g/mol. The average molecular weight is 242 g/mol. The summed E-state index contributed by atoms with van der Waals surface area (Å²) in [6.45, 7) is 2.38. The summed E-state index contributed by atoms with van der Waals surface area (Å²) < 4.78 is 0. The molecule has 5 nitrogen and oxygen atoms in total. The van der Waals surface area contributed by atoms with E-state index in [9.17, 15) is 9.59 Å². The molecule has 0 saturated carbocycles. The van der Waals surface area contributed by atoms with Crippen LogP contribution in [0, 0.1) is 5.92 Å². The third kappa shape index (κ3) is 5.17. The zero-order valence-electron chi connectivity index (χ0n) is 10.7. The van der Waals surface area contributed by atoms with Crippen LogP contribution in [-0.4, -0.2) is 60.5 Å². The summed E-state index contributed by atoms with van der Waals surface area (Å²) in [6, 6.07) is 0. The minimum Gasteiger partial charge on any atom is -0.481 e. The molecule has 0 bridgehead atoms. The lowest BCUT2D eigenvalue weighted by Gasteiger charge is -2.30. The van der Waals surface area contributed by atoms with Crippen molar-refractivity contribution in [3.63, 3.8) is 0 Å². The number of nitrogens with zero attached hydrogens (tertiary/aromatic N) is 2. The van der Waals surface area contributed by atoms with Gasteiger partial charge < -0.3 is 14.9 Å². The van der Waals surface area contributed by atoms with E-state index in [0.717, 1.165) is 25.9 Å². The number of amides is 1. The Bertz CT molecular complexity index is 281. The normalized spacial score (nSPS) is 21.2. The standard InChI is InChI=1S/C12H22N2O3/c1-13-6-3-4-10(9-13)8-11(15)14(2)7-5-12(16)17/h10H,3-9H2,1-2H3,(H,16,17). The molecule has 0 radical (unpaired) electrons. The van der Waals surface area contributed by atoms with Crippen LogP contribution in [0.15, 0.2) is 0 Å². The highest BCUT2D eigenvalue weighted by Crippen LogP contribution is 2.19. The van der Waals surface area contributed by atoms with E-state index in [-0.39, 0.29) is 12.3 Å². The highest BCUT2D eigenvalue weighted by atomic mass is 16.4. The summed E-state index contributed by atoms with van der Waals surface area (Å²) in [5.74, 6) is -0.373. The Hall–Kier alpha value is -1.10. The van der Waals surface area contributed by atoms with Gasteiger partial charge in [-0.25, -0.2) is 0 Å². The van der Waals surface area contributed by atoms with Crippen LogP contribution in [0.2, 0.25) is 0 Å². The third-order valence-electron chi connectivity index (χ3n) is 3.27. The van der Waals surface area contributed by atoms with Crippen molar-refractivity contribution in [3.05, 3.63) is 0 Å². The topological polar surface area (TPSA) is 60.9 Å². The summed E-state index contributed by atoms with van der Waals surface area (Å²) in [5.41, 5.74) is 0. The Balaban J connectivity index is 2.29. The molecule has 1 N–H and O–H groups in total. The molecule has 98 valence electrons. The number of likely N-dealkylation sites (tertiary alicyclic amines) is 1. The first-order chi connectivity index (χ1) is 7.99. The van der Waals surface area contributed by atoms with Crippen LogP contribution in [0.4, 0.5) is 0 Å². The van der Waals surface area contributed by atoms with Gasteiger partial charge in [-0.3, -0.25) is 9.59 Å². The molecular formula is C12H22N2O3. The quantitative estimate of drug-likeness (QED) is 0.769. The van der Waals surface area contributed by atoms with E-state index in [0.29, 0.717) is 18.9 Å². The Morgan fingerprint density at radius 3 is 2.76 bits per heavy atom. The molecule has 0 aromatic heterocycles. The lowest BCUT2D eigenvalue weighted by molar-refractivity contribution is -0.138. The second-order valence-corrected chi connectivity index (χ2v) is 4.93. The molecule has 5 heteroatoms. The van der Waals surface area contributed by atoms with Gasteiger partial charge in [0.2, 0.25) is 5.91 Å². The van der Waals surface area contributed by atoms with Gasteiger partial charge in [-0.2, -0.15) is 0 Å². The highest BCUT2D eigenvalue weighted by Gasteiger charge is 2.21. The van der Waals surface area contributed by atoms with E-state index in [1.165, 1.54) is 4.90 Å². The van der Waals surface area contributed by atoms with Gasteiger partial charge in [0.25, 0.3) is 0 Å². The molecule has 0 aromatic rings. The third-order valence-corrected chi connectivity index (χ3v) is 3.27. The van der Waals surface area contributed by atoms with Gasteiger partial charge >= 0.3 is 5.97 Å². The second-order valence-electron chi connectivity index (χ2n) is 4.93. The number of carbonyl (C=O) groups is 2. The fourth-order valence-electron chi connectivity index (χ4n) is 2.23. The number of aliphatic carboxylic acids is 1. The molecule has 1 atom stereocenters. The van der Waals surface area contributed by atoms with E-state index in [4.69, 9.17) is 5.11 Å². The maximum absolute atomic E-state index is 11.8. The highest BCUT2D eigenvalue weighted by molar-refractivity contribution is 5.77. The maximum atomic E-state index is 11.8. The average Bonchev–Trinajstić information content (AvgIpc) is 2.25. The first-order valence-corrected chi connectivity index (χ1v) is 6.13. The van der Waals surface area contributed by atoms with Crippen molar-refractivity contribution in [1.29, 1.82) is 0 Å². The Labute approximate surface area is 102 Å². The number of hydrogen-bond acceptors (Lipinski definition) is 3. The zero-order valence-corrected chi connectivity index (χ0v) is 10.7. The number of carbonyl (C=O) groups excluding carboxylic acids is 1. The molecule has 1 unspecified atom stereocenters. The predicted molar refractivity (Wildman–Crippen MR) is 64.7 cm³/mol. The van der Waals surface area contributed by atoms with Crippen molar-refractivity contribution < 1.29 is 14.7 Å². The Morgan fingerprint density at radius 2 is 2.18 bits per heavy atom. The fraction of sp³-hybridized carbons (Fsp3) is 0.833. The molecule has 0 aliphatic carbocycles. The molecule has 1 amide bonds. The molecular weight excluding hydrogens is 220 g/mol. The summed E-state index contributed by atoms with van der Waals surface area (Å²) >= 11 is 0. The first-order valence-electron chi connectivity index (χ1n) is 6.13. The summed E-state index contributed by atoms with van der Waals surface area (Å²) in [4.78, 5) is 26.0. The van der Waals surface area contributed by atoms with Crippen molar-refractivity contribution >= 4 is 11.9 Å². The van der Waals surface area contributed by atoms with Crippen molar-refractivity contribution in [2.45, 2.75) is 25.7 Å². The number of rotatable bonds is 5. The van der Waals surface area contributed by atoms with Gasteiger partial charge in [0.1, 0.15) is 0 Å². The minimum atomic E-state index is -0.859. The predicted octanol–water partition coefficient (Wildman–Crippen LogP) is 0.651. The number of hydrogen-bond donors (Lipinski definition) is 1. The van der Waals surface area contributed by atoms with Crippen LogP contribution >= 0.6 is 0 Å². The van der Waals surface area contributed by atoms with E-state index in [1.54, 1.807) is 7.05 Å². The van der Waals surface area contributed by atoms with Crippen LogP contribution in [0.3, 0.4) is 0 Å². The van der Waals surface area contributed by atoms with E-state index in [1.807, 2.05) is 0 Å². The van der Waals surface area contributed by atoms with Crippen LogP contribution < -0.4 is 0 Å². The fourth-order valence-corrected chi connectivity index (χ4v) is 2.23. The zero-order chi connectivity index (χ0) is 12.8.